The van der Waals surface area contributed by atoms with E-state index in [4.69, 9.17) is 11.5 Å². The van der Waals surface area contributed by atoms with Gasteiger partial charge in [-0.25, -0.2) is 0 Å². The number of hydrogen-bond donors (Lipinski definition) is 0. The molecule has 0 unspecified atom stereocenters. The summed E-state index contributed by atoms with van der Waals surface area (Å²) >= 11 is 0. The first-order valence-electron chi connectivity index (χ1n) is 4.44. The second-order valence-corrected chi connectivity index (χ2v) is 3.21. The molecule has 0 spiro atoms. The third-order valence-corrected chi connectivity index (χ3v) is 1.99. The fourth-order valence-electron chi connectivity index (χ4n) is 1.13. The van der Waals surface area contributed by atoms with Gasteiger partial charge in [0.2, 0.25) is 0 Å². The van der Waals surface area contributed by atoms with Crippen molar-refractivity contribution in [1.29, 1.82) is 0 Å². The van der Waals surface area contributed by atoms with Gasteiger partial charge in [-0.2, -0.15) is 12.1 Å². The Labute approximate surface area is 111 Å². The second-order valence-electron chi connectivity index (χ2n) is 3.21. The van der Waals surface area contributed by atoms with Crippen molar-refractivity contribution in [2.75, 3.05) is 0 Å². The molecule has 1 aliphatic rings. The maximum Gasteiger partial charge on any atom is 2.00 e. The van der Waals surface area contributed by atoms with Crippen LogP contribution in [0.5, 0.6) is 0 Å². The van der Waals surface area contributed by atoms with Crippen LogP contribution in [0.3, 0.4) is 0 Å². The fourth-order valence-corrected chi connectivity index (χ4v) is 1.13. The van der Waals surface area contributed by atoms with Crippen molar-refractivity contribution in [3.63, 3.8) is 0 Å². The van der Waals surface area contributed by atoms with E-state index in [9.17, 15) is 15.0 Å². The van der Waals surface area contributed by atoms with Crippen molar-refractivity contribution in [2.45, 2.75) is 45.2 Å². The molecule has 98 valence electrons. The Hall–Kier alpha value is -0.382. The number of hydrogen-bond acceptors (Lipinski definition) is 3. The first kappa shape index (κ1) is 21.0. The number of carbonyl (C=O) groups is 1. The zero-order valence-corrected chi connectivity index (χ0v) is 10.5. The predicted molar refractivity (Wildman–Crippen MR) is 55.6 cm³/mol. The van der Waals surface area contributed by atoms with E-state index in [1.165, 1.54) is 12.8 Å². The quantitative estimate of drug-likeness (QED) is 0.468. The third kappa shape index (κ3) is 10.1. The zero-order valence-electron chi connectivity index (χ0n) is 8.23. The Morgan fingerprint density at radius 1 is 1.12 bits per heavy atom. The van der Waals surface area contributed by atoms with Crippen LogP contribution >= 0.6 is 0 Å². The van der Waals surface area contributed by atoms with Crippen LogP contribution in [0.2, 0.25) is 0 Å². The summed E-state index contributed by atoms with van der Waals surface area (Å²) in [6.07, 6.45) is 4.25. The van der Waals surface area contributed by atoms with Crippen LogP contribution in [0, 0.1) is 0 Å². The van der Waals surface area contributed by atoms with Crippen LogP contribution in [0.4, 0.5) is 0 Å². The largest absolute Gasteiger partial charge is 2.00 e. The molecular formula is C10H18N2O3Pt-2. The van der Waals surface area contributed by atoms with Gasteiger partial charge < -0.3 is 26.5 Å². The maximum atomic E-state index is 9.37. The molecule has 0 aromatic heterocycles. The minimum atomic E-state index is -1.74. The van der Waals surface area contributed by atoms with Gasteiger partial charge >= 0.3 is 21.1 Å². The van der Waals surface area contributed by atoms with Crippen molar-refractivity contribution in [2.24, 2.45) is 0 Å². The molecule has 0 aliphatic heterocycles. The molecule has 0 aromatic carbocycles. The Balaban J connectivity index is -0.000000195. The minimum absolute atomic E-state index is 0. The van der Waals surface area contributed by atoms with Gasteiger partial charge in [0.1, 0.15) is 0 Å². The Morgan fingerprint density at radius 3 is 1.50 bits per heavy atom. The van der Waals surface area contributed by atoms with Gasteiger partial charge in [-0.15, -0.1) is 6.58 Å². The predicted octanol–water partition coefficient (Wildman–Crippen LogP) is 0.646. The van der Waals surface area contributed by atoms with E-state index in [0.717, 1.165) is 12.8 Å². The molecule has 2 N–H and O–H groups in total. The van der Waals surface area contributed by atoms with Crippen molar-refractivity contribution in [3.05, 3.63) is 23.8 Å². The van der Waals surface area contributed by atoms with Crippen LogP contribution in [0.15, 0.2) is 12.3 Å². The molecule has 1 rings (SSSR count). The molecule has 16 heavy (non-hydrogen) atoms. The number of aliphatic carboxylic acids is 1. The molecular weight excluding hydrogens is 391 g/mol. The molecule has 0 bridgehead atoms. The standard InChI is InChI=1S/C6H12N2.C3H4O3.CH4.Pt/c7-5-3-1-2-4-6(5)8;1-2(4)3(5)6;;/h5-8H,1-4H2;4H,1H2,(H,5,6);1H4;/q-2;;;+2/p-2/t5-,6-;;;/m1.../s1. The van der Waals surface area contributed by atoms with Gasteiger partial charge in [0.15, 0.2) is 0 Å². The van der Waals surface area contributed by atoms with E-state index in [1.54, 1.807) is 0 Å². The van der Waals surface area contributed by atoms with Crippen molar-refractivity contribution >= 4 is 5.97 Å². The number of rotatable bonds is 1. The first-order chi connectivity index (χ1) is 6.45. The Bertz CT molecular complexity index is 190. The molecule has 0 radical (unpaired) electrons. The normalized spacial score (nSPS) is 22.6. The number of carbonyl (C=O) groups excluding carboxylic acids is 1. The molecule has 0 amide bonds. The number of carboxylic acid groups (broad SMARTS) is 1. The third-order valence-electron chi connectivity index (χ3n) is 1.99. The maximum absolute atomic E-state index is 9.37. The van der Waals surface area contributed by atoms with Crippen LogP contribution in [0.25, 0.3) is 11.5 Å². The molecule has 6 heteroatoms. The van der Waals surface area contributed by atoms with Crippen LogP contribution in [0.1, 0.15) is 33.1 Å². The topological polar surface area (TPSA) is 111 Å². The van der Waals surface area contributed by atoms with Crippen molar-refractivity contribution in [3.8, 4) is 0 Å². The van der Waals surface area contributed by atoms with Gasteiger partial charge in [-0.3, -0.25) is 0 Å². The average Bonchev–Trinajstić information content (AvgIpc) is 2.11. The average molecular weight is 409 g/mol. The summed E-state index contributed by atoms with van der Waals surface area (Å²) in [4.78, 5) is 9.18. The molecule has 0 saturated heterocycles. The summed E-state index contributed by atoms with van der Waals surface area (Å²) in [6, 6.07) is -0.160. The molecule has 2 atom stereocenters. The van der Waals surface area contributed by atoms with E-state index in [1.807, 2.05) is 0 Å². The van der Waals surface area contributed by atoms with Crippen LogP contribution < -0.4 is 10.2 Å². The second kappa shape index (κ2) is 11.1. The summed E-state index contributed by atoms with van der Waals surface area (Å²) in [7, 11) is 0. The SMILES string of the molecule is C.C=C([O-])C(=O)[O-].[NH-][C@@H]1CCCC[C@H]1[NH-].[Pt+2]. The Morgan fingerprint density at radius 2 is 1.38 bits per heavy atom. The van der Waals surface area contributed by atoms with Gasteiger partial charge in [0, 0.05) is 0 Å². The Kier molecular flexibility index (Phi) is 14.6. The van der Waals surface area contributed by atoms with Crippen molar-refractivity contribution < 1.29 is 36.1 Å². The van der Waals surface area contributed by atoms with Gasteiger partial charge in [0.25, 0.3) is 0 Å². The van der Waals surface area contributed by atoms with E-state index in [2.05, 4.69) is 6.58 Å². The van der Waals surface area contributed by atoms with Gasteiger partial charge in [0.05, 0.1) is 5.97 Å². The van der Waals surface area contributed by atoms with E-state index in [0.29, 0.717) is 0 Å². The van der Waals surface area contributed by atoms with E-state index >= 15 is 0 Å². The fraction of sp³-hybridized carbons (Fsp3) is 0.700. The van der Waals surface area contributed by atoms with Crippen LogP contribution in [-0.2, 0) is 25.9 Å². The summed E-state index contributed by atoms with van der Waals surface area (Å²) in [5.41, 5.74) is 14.6. The van der Waals surface area contributed by atoms with Crippen LogP contribution in [-0.4, -0.2) is 18.1 Å². The minimum Gasteiger partial charge on any atom is -0.872 e. The molecule has 5 nitrogen and oxygen atoms in total. The summed E-state index contributed by atoms with van der Waals surface area (Å²) in [5, 5.41) is 18.5. The summed E-state index contributed by atoms with van der Waals surface area (Å²) in [5.74, 6) is -2.93. The van der Waals surface area contributed by atoms with E-state index in [-0.39, 0.29) is 40.6 Å². The number of nitrogens with one attached hydrogen (secondary N) is 2. The van der Waals surface area contributed by atoms with E-state index < -0.39 is 11.7 Å². The van der Waals surface area contributed by atoms with Crippen molar-refractivity contribution in [1.82, 2.24) is 0 Å². The summed E-state index contributed by atoms with van der Waals surface area (Å²) in [6.45, 7) is 2.54. The smallest absolute Gasteiger partial charge is 0.872 e. The van der Waals surface area contributed by atoms with Gasteiger partial charge in [-0.05, 0) is 0 Å². The monoisotopic (exact) mass is 409 g/mol. The number of carboxylic acids is 1. The molecule has 0 aromatic rings. The first-order valence-corrected chi connectivity index (χ1v) is 4.44. The molecule has 1 saturated carbocycles. The molecule has 1 aliphatic carbocycles. The van der Waals surface area contributed by atoms with Gasteiger partial charge in [-0.1, -0.05) is 38.9 Å². The zero-order chi connectivity index (χ0) is 11.1. The molecule has 1 fully saturated rings. The molecule has 0 heterocycles. The summed E-state index contributed by atoms with van der Waals surface area (Å²) < 4.78 is 0.